The number of hydrogen-bond donors (Lipinski definition) is 2. The second-order valence-electron chi connectivity index (χ2n) is 5.47. The number of aliphatic imine (C=N–C) groups is 1. The van der Waals surface area contributed by atoms with Crippen LogP contribution in [0.5, 0.6) is 0 Å². The van der Waals surface area contributed by atoms with Crippen LogP contribution in [-0.2, 0) is 0 Å². The molecule has 0 aromatic carbocycles. The first-order chi connectivity index (χ1) is 8.66. The quantitative estimate of drug-likeness (QED) is 0.514. The Labute approximate surface area is 109 Å². The Morgan fingerprint density at radius 2 is 2.11 bits per heavy atom. The first-order valence-electron chi connectivity index (χ1n) is 6.91. The Bertz CT molecular complexity index is 352. The van der Waals surface area contributed by atoms with Crippen molar-refractivity contribution in [2.75, 3.05) is 0 Å². The van der Waals surface area contributed by atoms with E-state index in [0.29, 0.717) is 5.92 Å². The van der Waals surface area contributed by atoms with Crippen LogP contribution < -0.4 is 15.8 Å². The monoisotopic (exact) mass is 249 g/mol. The zero-order chi connectivity index (χ0) is 13.0. The van der Waals surface area contributed by atoms with Gasteiger partial charge in [0.25, 0.3) is 0 Å². The highest BCUT2D eigenvalue weighted by atomic mass is 16.3. The van der Waals surface area contributed by atoms with E-state index in [-0.39, 0.29) is 23.9 Å². The Morgan fingerprint density at radius 1 is 1.39 bits per heavy atom. The third kappa shape index (κ3) is 3.42. The van der Waals surface area contributed by atoms with Crippen molar-refractivity contribution in [3.63, 3.8) is 0 Å². The first kappa shape index (κ1) is 13.3. The number of hydrogen-bond acceptors (Lipinski definition) is 3. The van der Waals surface area contributed by atoms with Crippen molar-refractivity contribution in [2.45, 2.75) is 51.1 Å². The molecule has 0 aromatic heterocycles. The van der Waals surface area contributed by atoms with Crippen LogP contribution in [0.3, 0.4) is 0 Å². The summed E-state index contributed by atoms with van der Waals surface area (Å²) < 4.78 is 0. The van der Waals surface area contributed by atoms with E-state index < -0.39 is 0 Å². The van der Waals surface area contributed by atoms with Gasteiger partial charge in [0.15, 0.2) is 6.20 Å². The summed E-state index contributed by atoms with van der Waals surface area (Å²) in [6.45, 7) is 2.06. The fourth-order valence-corrected chi connectivity index (χ4v) is 2.76. The van der Waals surface area contributed by atoms with Crippen LogP contribution in [0.4, 0.5) is 0 Å². The van der Waals surface area contributed by atoms with Crippen molar-refractivity contribution in [1.29, 1.82) is 0 Å². The fourth-order valence-electron chi connectivity index (χ4n) is 2.76. The lowest BCUT2D eigenvalue weighted by atomic mass is 9.79. The van der Waals surface area contributed by atoms with Crippen LogP contribution >= 0.6 is 0 Å². The van der Waals surface area contributed by atoms with E-state index in [2.05, 4.69) is 16.9 Å². The van der Waals surface area contributed by atoms with E-state index in [9.17, 15) is 5.11 Å². The first-order valence-corrected chi connectivity index (χ1v) is 6.91. The molecule has 1 heterocycles. The van der Waals surface area contributed by atoms with Crippen LogP contribution in [0.1, 0.15) is 39.0 Å². The summed E-state index contributed by atoms with van der Waals surface area (Å²) >= 11 is 0. The standard InChI is InChI=1S/C14H23N3O/c1-10(15)11-2-4-12(5-3-11)14(18)17-13-6-8-16-9-7-13/h6,8-13H,2-5,7,15H2,1H3,(H,17,18)/t10-,11?,12?,13?/m1/s1. The van der Waals surface area contributed by atoms with Gasteiger partial charge in [-0.3, -0.25) is 4.99 Å². The highest BCUT2D eigenvalue weighted by Gasteiger charge is 2.23. The minimum absolute atomic E-state index is 0.0323. The predicted octanol–water partition coefficient (Wildman–Crippen LogP) is -0.664. The van der Waals surface area contributed by atoms with Gasteiger partial charge in [0.05, 0.1) is 12.5 Å². The molecule has 2 rings (SSSR count). The van der Waals surface area contributed by atoms with E-state index in [0.717, 1.165) is 32.1 Å². The van der Waals surface area contributed by atoms with Gasteiger partial charge in [-0.1, -0.05) is 0 Å². The Morgan fingerprint density at radius 3 is 2.67 bits per heavy atom. The summed E-state index contributed by atoms with van der Waals surface area (Å²) in [5.74, 6) is 0.799. The maximum atomic E-state index is 12.1. The minimum atomic E-state index is 0.0323. The van der Waals surface area contributed by atoms with Crippen molar-refractivity contribution in [1.82, 2.24) is 0 Å². The molecule has 4 nitrogen and oxygen atoms in total. The maximum Gasteiger partial charge on any atom is 0.164 e. The van der Waals surface area contributed by atoms with E-state index in [1.807, 2.05) is 18.5 Å². The van der Waals surface area contributed by atoms with Crippen LogP contribution in [0.25, 0.3) is 0 Å². The van der Waals surface area contributed by atoms with Gasteiger partial charge >= 0.3 is 0 Å². The maximum absolute atomic E-state index is 12.1. The van der Waals surface area contributed by atoms with Gasteiger partial charge in [0.1, 0.15) is 6.21 Å². The van der Waals surface area contributed by atoms with Gasteiger partial charge in [-0.25, -0.2) is 4.99 Å². The van der Waals surface area contributed by atoms with Crippen molar-refractivity contribution in [2.24, 2.45) is 22.6 Å². The van der Waals surface area contributed by atoms with Gasteiger partial charge in [-0.2, -0.15) is 0 Å². The molecule has 0 saturated heterocycles. The van der Waals surface area contributed by atoms with Gasteiger partial charge in [0.2, 0.25) is 0 Å². The molecule has 0 bridgehead atoms. The second kappa shape index (κ2) is 6.14. The van der Waals surface area contributed by atoms with Crippen LogP contribution in [0.15, 0.2) is 17.3 Å². The highest BCUT2D eigenvalue weighted by molar-refractivity contribution is 5.75. The molecular formula is C14H23N3O. The Kier molecular flexibility index (Phi) is 4.53. The summed E-state index contributed by atoms with van der Waals surface area (Å²) in [5.41, 5.74) is 5.91. The number of nitrogens with one attached hydrogen (secondary N) is 1. The molecule has 1 aliphatic heterocycles. The van der Waals surface area contributed by atoms with E-state index in [4.69, 9.17) is 5.73 Å². The molecule has 2 aliphatic rings. The number of nitrogens with two attached hydrogens (primary N) is 1. The molecule has 1 saturated carbocycles. The van der Waals surface area contributed by atoms with Crippen molar-refractivity contribution in [3.05, 3.63) is 12.3 Å². The highest BCUT2D eigenvalue weighted by Crippen LogP contribution is 2.30. The number of nitrogens with zero attached hydrogens (tertiary/aromatic N) is 1. The summed E-state index contributed by atoms with van der Waals surface area (Å²) in [6, 6.07) is 0.282. The van der Waals surface area contributed by atoms with Gasteiger partial charge < -0.3 is 10.8 Å². The molecule has 1 fully saturated rings. The summed E-state index contributed by atoms with van der Waals surface area (Å²) in [4.78, 5) is 7.30. The molecule has 0 aromatic rings. The molecule has 0 radical (unpaired) electrons. The molecule has 18 heavy (non-hydrogen) atoms. The summed E-state index contributed by atoms with van der Waals surface area (Å²) in [6.07, 6.45) is 10.6. The van der Waals surface area contributed by atoms with Crippen molar-refractivity contribution >= 4 is 12.1 Å². The zero-order valence-corrected chi connectivity index (χ0v) is 11.0. The van der Waals surface area contributed by atoms with Crippen LogP contribution in [0.2, 0.25) is 0 Å². The smallest absolute Gasteiger partial charge is 0.164 e. The lowest BCUT2D eigenvalue weighted by Crippen LogP contribution is -2.63. The molecule has 100 valence electrons. The van der Waals surface area contributed by atoms with Crippen molar-refractivity contribution < 1.29 is 10.1 Å². The third-order valence-corrected chi connectivity index (χ3v) is 4.05. The molecule has 4 heteroatoms. The molecule has 0 spiro atoms. The lowest BCUT2D eigenvalue weighted by Gasteiger charge is -2.33. The largest absolute Gasteiger partial charge is 0.862 e. The molecular weight excluding hydrogens is 226 g/mol. The molecule has 1 unspecified atom stereocenters. The van der Waals surface area contributed by atoms with E-state index in [1.54, 1.807) is 0 Å². The van der Waals surface area contributed by atoms with Crippen molar-refractivity contribution in [3.8, 4) is 0 Å². The van der Waals surface area contributed by atoms with Gasteiger partial charge in [-0.05, 0) is 50.3 Å². The van der Waals surface area contributed by atoms with Crippen LogP contribution in [0, 0.1) is 11.8 Å². The average Bonchev–Trinajstić information content (AvgIpc) is 2.40. The van der Waals surface area contributed by atoms with Crippen LogP contribution in [-0.4, -0.2) is 24.2 Å². The molecule has 0 amide bonds. The number of rotatable bonds is 3. The SMILES string of the molecule is C[C@@H](N)C1CCC(C([O-])=NC2C=C[NH+]=CC2)CC1. The molecule has 3 N–H and O–H groups in total. The minimum Gasteiger partial charge on any atom is -0.862 e. The third-order valence-electron chi connectivity index (χ3n) is 4.05. The summed E-state index contributed by atoms with van der Waals surface area (Å²) in [5, 5.41) is 12.1. The second-order valence-corrected chi connectivity index (χ2v) is 5.47. The van der Waals surface area contributed by atoms with E-state index in [1.165, 1.54) is 0 Å². The average molecular weight is 249 g/mol. The Balaban J connectivity index is 1.87. The van der Waals surface area contributed by atoms with Gasteiger partial charge in [-0.15, -0.1) is 0 Å². The topological polar surface area (TPSA) is 75.4 Å². The normalized spacial score (nSPS) is 34.6. The molecule has 1 aliphatic carbocycles. The fraction of sp³-hybridized carbons (Fsp3) is 0.714. The lowest BCUT2D eigenvalue weighted by molar-refractivity contribution is -0.370. The molecule has 2 atom stereocenters. The predicted molar refractivity (Wildman–Crippen MR) is 71.1 cm³/mol. The summed E-state index contributed by atoms with van der Waals surface area (Å²) in [7, 11) is 0. The Hall–Kier alpha value is -1.16. The zero-order valence-electron chi connectivity index (χ0n) is 11.0. The van der Waals surface area contributed by atoms with Gasteiger partial charge in [0, 0.05) is 12.1 Å². The van der Waals surface area contributed by atoms with E-state index >= 15 is 0 Å².